The number of pyridine rings is 2. The van der Waals surface area contributed by atoms with Gasteiger partial charge < -0.3 is 0 Å². The molecule has 2 N–H and O–H groups in total. The standard InChI is InChI=1S/C24H18N6/c1-3-7-17(8-4-1)19-11-13-25-21(15-19)23-27-29-24(30-28-23)22-16-20(12-14-26-22)18-9-5-2-6-10-18/h1-16H,(H,27,28)(H,29,30). The molecule has 30 heavy (non-hydrogen) atoms. The quantitative estimate of drug-likeness (QED) is 0.552. The van der Waals surface area contributed by atoms with Crippen LogP contribution in [0.25, 0.3) is 22.3 Å². The molecule has 0 radical (unpaired) electrons. The molecule has 0 fully saturated rings. The van der Waals surface area contributed by atoms with E-state index in [1.54, 1.807) is 12.4 Å². The number of hydrazone groups is 2. The van der Waals surface area contributed by atoms with Crippen LogP contribution in [0.5, 0.6) is 0 Å². The van der Waals surface area contributed by atoms with Crippen molar-refractivity contribution in [3.8, 4) is 22.3 Å². The summed E-state index contributed by atoms with van der Waals surface area (Å²) in [6, 6.07) is 28.2. The molecule has 5 rings (SSSR count). The Kier molecular flexibility index (Phi) is 4.72. The lowest BCUT2D eigenvalue weighted by molar-refractivity contribution is 0.873. The van der Waals surface area contributed by atoms with Crippen LogP contribution in [-0.4, -0.2) is 21.6 Å². The molecule has 2 aromatic heterocycles. The molecule has 0 amide bonds. The zero-order valence-corrected chi connectivity index (χ0v) is 16.0. The molecule has 3 heterocycles. The van der Waals surface area contributed by atoms with Gasteiger partial charge in [-0.1, -0.05) is 60.7 Å². The van der Waals surface area contributed by atoms with Crippen LogP contribution in [0.3, 0.4) is 0 Å². The molecule has 0 aliphatic carbocycles. The molecule has 6 heteroatoms. The van der Waals surface area contributed by atoms with Gasteiger partial charge in [-0.05, 0) is 46.5 Å². The van der Waals surface area contributed by atoms with Crippen molar-refractivity contribution in [2.75, 3.05) is 0 Å². The van der Waals surface area contributed by atoms with Gasteiger partial charge in [-0.15, -0.1) is 0 Å². The van der Waals surface area contributed by atoms with E-state index in [4.69, 9.17) is 0 Å². The topological polar surface area (TPSA) is 74.6 Å². The molecule has 0 bridgehead atoms. The fraction of sp³-hybridized carbons (Fsp3) is 0. The predicted octanol–water partition coefficient (Wildman–Crippen LogP) is 4.03. The summed E-state index contributed by atoms with van der Waals surface area (Å²) in [6.07, 6.45) is 3.54. The van der Waals surface area contributed by atoms with Gasteiger partial charge in [0.15, 0.2) is 11.7 Å². The van der Waals surface area contributed by atoms with Gasteiger partial charge >= 0.3 is 0 Å². The first kappa shape index (κ1) is 17.8. The van der Waals surface area contributed by atoms with Gasteiger partial charge in [0.1, 0.15) is 11.4 Å². The van der Waals surface area contributed by atoms with Crippen molar-refractivity contribution in [3.05, 3.63) is 109 Å². The first-order chi connectivity index (χ1) is 14.9. The first-order valence-corrected chi connectivity index (χ1v) is 9.58. The molecule has 0 spiro atoms. The fourth-order valence-electron chi connectivity index (χ4n) is 3.24. The van der Waals surface area contributed by atoms with E-state index in [0.29, 0.717) is 23.1 Å². The molecule has 1 aliphatic heterocycles. The largest absolute Gasteiger partial charge is 0.256 e. The minimum Gasteiger partial charge on any atom is -0.256 e. The number of rotatable bonds is 4. The molecule has 2 aromatic carbocycles. The van der Waals surface area contributed by atoms with Crippen molar-refractivity contribution < 1.29 is 0 Å². The monoisotopic (exact) mass is 390 g/mol. The first-order valence-electron chi connectivity index (χ1n) is 9.58. The summed E-state index contributed by atoms with van der Waals surface area (Å²) in [4.78, 5) is 8.84. The SMILES string of the molecule is c1ccc(-c2ccnc(C3=NNC(c4cc(-c5ccccc5)ccn4)=NN3)c2)cc1. The van der Waals surface area contributed by atoms with Gasteiger partial charge in [0.25, 0.3) is 0 Å². The summed E-state index contributed by atoms with van der Waals surface area (Å²) in [5, 5.41) is 8.83. The van der Waals surface area contributed by atoms with E-state index >= 15 is 0 Å². The van der Waals surface area contributed by atoms with Crippen molar-refractivity contribution in [3.63, 3.8) is 0 Å². The Morgan fingerprint density at radius 1 is 0.467 bits per heavy atom. The second kappa shape index (κ2) is 7.97. The Hall–Kier alpha value is -4.32. The molecule has 0 saturated carbocycles. The molecular formula is C24H18N6. The summed E-state index contributed by atoms with van der Waals surface area (Å²) in [5.41, 5.74) is 11.8. The van der Waals surface area contributed by atoms with Crippen LogP contribution in [0, 0.1) is 0 Å². The molecule has 1 aliphatic rings. The van der Waals surface area contributed by atoms with Gasteiger partial charge in [0, 0.05) is 12.4 Å². The smallest absolute Gasteiger partial charge is 0.192 e. The Balaban J connectivity index is 1.37. The second-order valence-electron chi connectivity index (χ2n) is 6.74. The number of benzene rings is 2. The third-order valence-corrected chi connectivity index (χ3v) is 4.77. The minimum atomic E-state index is 0.552. The maximum absolute atomic E-state index is 4.42. The molecule has 0 atom stereocenters. The maximum atomic E-state index is 4.42. The Morgan fingerprint density at radius 2 is 0.900 bits per heavy atom. The highest BCUT2D eigenvalue weighted by molar-refractivity contribution is 6.05. The van der Waals surface area contributed by atoms with E-state index in [0.717, 1.165) is 22.3 Å². The molecule has 6 nitrogen and oxygen atoms in total. The van der Waals surface area contributed by atoms with Gasteiger partial charge in [0.2, 0.25) is 0 Å². The van der Waals surface area contributed by atoms with Crippen molar-refractivity contribution in [2.24, 2.45) is 10.2 Å². The van der Waals surface area contributed by atoms with E-state index in [1.807, 2.05) is 60.7 Å². The fourth-order valence-corrected chi connectivity index (χ4v) is 3.24. The van der Waals surface area contributed by atoms with E-state index in [-0.39, 0.29) is 0 Å². The van der Waals surface area contributed by atoms with Crippen LogP contribution < -0.4 is 10.9 Å². The molecular weight excluding hydrogens is 372 g/mol. The number of nitrogens with zero attached hydrogens (tertiary/aromatic N) is 4. The van der Waals surface area contributed by atoms with Gasteiger partial charge in [-0.25, -0.2) is 0 Å². The third kappa shape index (κ3) is 3.66. The lowest BCUT2D eigenvalue weighted by atomic mass is 10.1. The van der Waals surface area contributed by atoms with Crippen LogP contribution in [0.15, 0.2) is 108 Å². The van der Waals surface area contributed by atoms with Gasteiger partial charge in [-0.3, -0.25) is 20.8 Å². The normalized spacial score (nSPS) is 12.9. The summed E-state index contributed by atoms with van der Waals surface area (Å²) >= 11 is 0. The Labute approximate surface area is 174 Å². The predicted molar refractivity (Wildman–Crippen MR) is 119 cm³/mol. The number of hydrogen-bond donors (Lipinski definition) is 2. The summed E-state index contributed by atoms with van der Waals surface area (Å²) in [6.45, 7) is 0. The summed E-state index contributed by atoms with van der Waals surface area (Å²) in [5.74, 6) is 1.10. The summed E-state index contributed by atoms with van der Waals surface area (Å²) in [7, 11) is 0. The molecule has 0 unspecified atom stereocenters. The van der Waals surface area contributed by atoms with Crippen LogP contribution in [0.4, 0.5) is 0 Å². The molecule has 144 valence electrons. The second-order valence-corrected chi connectivity index (χ2v) is 6.74. The molecule has 4 aromatic rings. The number of amidine groups is 2. The maximum Gasteiger partial charge on any atom is 0.192 e. The van der Waals surface area contributed by atoms with Crippen LogP contribution in [0.2, 0.25) is 0 Å². The van der Waals surface area contributed by atoms with E-state index < -0.39 is 0 Å². The zero-order chi connectivity index (χ0) is 20.2. The van der Waals surface area contributed by atoms with Crippen molar-refractivity contribution in [1.29, 1.82) is 0 Å². The Bertz CT molecular complexity index is 1130. The van der Waals surface area contributed by atoms with Crippen molar-refractivity contribution in [1.82, 2.24) is 20.8 Å². The van der Waals surface area contributed by atoms with Crippen molar-refractivity contribution >= 4 is 11.7 Å². The third-order valence-electron chi connectivity index (χ3n) is 4.77. The zero-order valence-electron chi connectivity index (χ0n) is 16.0. The highest BCUT2D eigenvalue weighted by Crippen LogP contribution is 2.20. The summed E-state index contributed by atoms with van der Waals surface area (Å²) < 4.78 is 0. The van der Waals surface area contributed by atoms with Gasteiger partial charge in [-0.2, -0.15) is 10.2 Å². The van der Waals surface area contributed by atoms with Crippen molar-refractivity contribution in [2.45, 2.75) is 0 Å². The highest BCUT2D eigenvalue weighted by Gasteiger charge is 2.14. The Morgan fingerprint density at radius 3 is 1.30 bits per heavy atom. The lowest BCUT2D eigenvalue weighted by Gasteiger charge is -2.15. The van der Waals surface area contributed by atoms with Gasteiger partial charge in [0.05, 0.1) is 0 Å². The van der Waals surface area contributed by atoms with Crippen LogP contribution in [-0.2, 0) is 0 Å². The lowest BCUT2D eigenvalue weighted by Crippen LogP contribution is -2.35. The van der Waals surface area contributed by atoms with E-state index in [9.17, 15) is 0 Å². The van der Waals surface area contributed by atoms with Crippen LogP contribution >= 0.6 is 0 Å². The van der Waals surface area contributed by atoms with E-state index in [2.05, 4.69) is 55.3 Å². The highest BCUT2D eigenvalue weighted by atomic mass is 15.5. The van der Waals surface area contributed by atoms with Crippen LogP contribution in [0.1, 0.15) is 11.4 Å². The average Bonchev–Trinajstić information content (AvgIpc) is 2.85. The van der Waals surface area contributed by atoms with E-state index in [1.165, 1.54) is 0 Å². The number of aromatic nitrogens is 2. The average molecular weight is 390 g/mol. The number of nitrogens with one attached hydrogen (secondary N) is 2. The number of hydrogen-bond acceptors (Lipinski definition) is 6. The molecule has 0 saturated heterocycles. The minimum absolute atomic E-state index is 0.552.